The Balaban J connectivity index is 1.53. The molecule has 2 N–H and O–H groups in total. The van der Waals surface area contributed by atoms with Crippen molar-refractivity contribution in [1.82, 2.24) is 19.8 Å². The van der Waals surface area contributed by atoms with Crippen molar-refractivity contribution in [1.29, 1.82) is 0 Å². The van der Waals surface area contributed by atoms with Crippen LogP contribution in [0.15, 0.2) is 12.5 Å². The minimum Gasteiger partial charge on any atom is -0.383 e. The molecular formula is C20H32N4O3. The predicted molar refractivity (Wildman–Crippen MR) is 102 cm³/mol. The second-order valence-electron chi connectivity index (χ2n) is 8.61. The Hall–Kier alpha value is -1.89. The van der Waals surface area contributed by atoms with Gasteiger partial charge in [0.05, 0.1) is 6.33 Å². The summed E-state index contributed by atoms with van der Waals surface area (Å²) in [7, 11) is 0. The van der Waals surface area contributed by atoms with E-state index in [1.807, 2.05) is 23.6 Å². The Kier molecular flexibility index (Phi) is 6.19. The number of carbonyl (C=O) groups is 2. The van der Waals surface area contributed by atoms with Gasteiger partial charge in [-0.3, -0.25) is 9.59 Å². The van der Waals surface area contributed by atoms with Crippen molar-refractivity contribution in [3.8, 4) is 0 Å². The summed E-state index contributed by atoms with van der Waals surface area (Å²) in [5, 5.41) is 10.1. The Morgan fingerprint density at radius 2 is 2.07 bits per heavy atom. The zero-order chi connectivity index (χ0) is 19.4. The van der Waals surface area contributed by atoms with Gasteiger partial charge < -0.3 is 19.9 Å². The molecule has 150 valence electrons. The number of piperidine rings is 2. The van der Waals surface area contributed by atoms with Crippen LogP contribution < -0.4 is 0 Å². The molecule has 1 atom stereocenters. The van der Waals surface area contributed by atoms with Crippen molar-refractivity contribution >= 4 is 11.8 Å². The molecule has 2 aliphatic heterocycles. The van der Waals surface area contributed by atoms with Gasteiger partial charge in [0.1, 0.15) is 6.10 Å². The van der Waals surface area contributed by atoms with Gasteiger partial charge in [0.2, 0.25) is 5.91 Å². The van der Waals surface area contributed by atoms with Gasteiger partial charge in [0.15, 0.2) is 0 Å². The monoisotopic (exact) mass is 376 g/mol. The van der Waals surface area contributed by atoms with E-state index in [9.17, 15) is 14.7 Å². The molecule has 7 nitrogen and oxygen atoms in total. The van der Waals surface area contributed by atoms with Crippen LogP contribution in [0.2, 0.25) is 0 Å². The van der Waals surface area contributed by atoms with Crippen molar-refractivity contribution in [2.24, 2.45) is 11.3 Å². The van der Waals surface area contributed by atoms with E-state index in [1.165, 1.54) is 0 Å². The van der Waals surface area contributed by atoms with Crippen LogP contribution in [0.5, 0.6) is 0 Å². The van der Waals surface area contributed by atoms with Gasteiger partial charge in [-0.15, -0.1) is 0 Å². The van der Waals surface area contributed by atoms with Crippen LogP contribution in [0, 0.1) is 11.3 Å². The molecule has 1 unspecified atom stereocenters. The average Bonchev–Trinajstić information content (AvgIpc) is 3.16. The smallest absolute Gasteiger partial charge is 0.251 e. The van der Waals surface area contributed by atoms with E-state index in [0.717, 1.165) is 37.9 Å². The number of nitrogens with one attached hydrogen (secondary N) is 1. The van der Waals surface area contributed by atoms with E-state index < -0.39 is 6.10 Å². The maximum absolute atomic E-state index is 12.5. The Bertz CT molecular complexity index is 636. The van der Waals surface area contributed by atoms with E-state index >= 15 is 0 Å². The number of amides is 2. The van der Waals surface area contributed by atoms with Crippen LogP contribution in [0.25, 0.3) is 0 Å². The van der Waals surface area contributed by atoms with Gasteiger partial charge in [0.25, 0.3) is 5.91 Å². The number of rotatable bonds is 6. The van der Waals surface area contributed by atoms with E-state index in [2.05, 4.69) is 9.97 Å². The van der Waals surface area contributed by atoms with E-state index in [4.69, 9.17) is 0 Å². The van der Waals surface area contributed by atoms with Crippen molar-refractivity contribution < 1.29 is 14.7 Å². The molecule has 2 fully saturated rings. The highest BCUT2D eigenvalue weighted by Gasteiger charge is 2.42. The third kappa shape index (κ3) is 4.89. The molecule has 0 radical (unpaired) electrons. The first-order chi connectivity index (χ1) is 12.9. The van der Waals surface area contributed by atoms with Crippen LogP contribution in [-0.4, -0.2) is 69.0 Å². The van der Waals surface area contributed by atoms with Crippen LogP contribution in [0.4, 0.5) is 0 Å². The highest BCUT2D eigenvalue weighted by molar-refractivity contribution is 5.81. The summed E-state index contributed by atoms with van der Waals surface area (Å²) in [5.74, 6) is 0.389. The van der Waals surface area contributed by atoms with Gasteiger partial charge in [-0.05, 0) is 37.0 Å². The fraction of sp³-hybridized carbons (Fsp3) is 0.750. The first-order valence-corrected chi connectivity index (χ1v) is 10.1. The maximum Gasteiger partial charge on any atom is 0.251 e. The molecule has 1 aromatic heterocycles. The molecule has 0 aromatic carbocycles. The van der Waals surface area contributed by atoms with E-state index in [0.29, 0.717) is 38.4 Å². The van der Waals surface area contributed by atoms with Gasteiger partial charge in [-0.2, -0.15) is 0 Å². The lowest BCUT2D eigenvalue weighted by Crippen LogP contribution is -2.53. The lowest BCUT2D eigenvalue weighted by atomic mass is 9.72. The van der Waals surface area contributed by atoms with Crippen LogP contribution >= 0.6 is 0 Å². The minimum absolute atomic E-state index is 0.113. The van der Waals surface area contributed by atoms with Crippen molar-refractivity contribution in [2.45, 2.75) is 58.5 Å². The summed E-state index contributed by atoms with van der Waals surface area (Å²) in [5.41, 5.74) is 1.16. The fourth-order valence-corrected chi connectivity index (χ4v) is 4.35. The molecule has 0 aliphatic carbocycles. The number of hydrogen-bond donors (Lipinski definition) is 2. The zero-order valence-electron chi connectivity index (χ0n) is 16.5. The van der Waals surface area contributed by atoms with Crippen molar-refractivity contribution in [3.63, 3.8) is 0 Å². The van der Waals surface area contributed by atoms with Gasteiger partial charge >= 0.3 is 0 Å². The first kappa shape index (κ1) is 19.9. The summed E-state index contributed by atoms with van der Waals surface area (Å²) in [6.45, 7) is 6.86. The maximum atomic E-state index is 12.5. The molecule has 2 saturated heterocycles. The molecular weight excluding hydrogens is 344 g/mol. The summed E-state index contributed by atoms with van der Waals surface area (Å²) in [6.07, 6.45) is 7.17. The van der Waals surface area contributed by atoms with Crippen LogP contribution in [0.1, 0.15) is 51.6 Å². The summed E-state index contributed by atoms with van der Waals surface area (Å²) >= 11 is 0. The van der Waals surface area contributed by atoms with Gasteiger partial charge in [-0.25, -0.2) is 4.98 Å². The van der Waals surface area contributed by atoms with E-state index in [-0.39, 0.29) is 17.2 Å². The summed E-state index contributed by atoms with van der Waals surface area (Å²) < 4.78 is 0. The van der Waals surface area contributed by atoms with Crippen LogP contribution in [-0.2, 0) is 16.0 Å². The van der Waals surface area contributed by atoms with Crippen molar-refractivity contribution in [2.75, 3.05) is 26.2 Å². The third-order valence-corrected chi connectivity index (χ3v) is 6.07. The topological polar surface area (TPSA) is 89.5 Å². The second kappa shape index (κ2) is 8.42. The SMILES string of the molecule is CC(C)CC(O)C(=O)N1CCC2(CCC(=O)N(CCc3cnc[nH]3)C2)CC1. The molecule has 7 heteroatoms. The average molecular weight is 377 g/mol. The standard InChI is InChI=1S/C20H32N4O3/c1-15(2)11-17(25)19(27)23-9-6-20(7-10-23)5-3-18(26)24(13-20)8-4-16-12-21-14-22-16/h12,14-15,17,25H,3-11,13H2,1-2H3,(H,21,22). The molecule has 0 bridgehead atoms. The molecule has 3 heterocycles. The number of likely N-dealkylation sites (tertiary alicyclic amines) is 2. The number of hydrogen-bond acceptors (Lipinski definition) is 4. The molecule has 1 spiro atoms. The molecule has 3 rings (SSSR count). The number of aliphatic hydroxyl groups is 1. The number of aromatic nitrogens is 2. The fourth-order valence-electron chi connectivity index (χ4n) is 4.35. The van der Waals surface area contributed by atoms with Gasteiger partial charge in [-0.1, -0.05) is 13.8 Å². The predicted octanol–water partition coefficient (Wildman–Crippen LogP) is 1.59. The lowest BCUT2D eigenvalue weighted by Gasteiger charge is -2.47. The highest BCUT2D eigenvalue weighted by atomic mass is 16.3. The normalized spacial score (nSPS) is 21.1. The number of carbonyl (C=O) groups excluding carboxylic acids is 2. The summed E-state index contributed by atoms with van der Waals surface area (Å²) in [4.78, 5) is 35.7. The molecule has 0 saturated carbocycles. The third-order valence-electron chi connectivity index (χ3n) is 6.07. The van der Waals surface area contributed by atoms with Gasteiger partial charge in [0, 0.05) is 50.9 Å². The quantitative estimate of drug-likeness (QED) is 0.789. The van der Waals surface area contributed by atoms with E-state index in [1.54, 1.807) is 12.5 Å². The number of aliphatic hydroxyl groups excluding tert-OH is 1. The van der Waals surface area contributed by atoms with Crippen molar-refractivity contribution in [3.05, 3.63) is 18.2 Å². The number of imidazole rings is 1. The largest absolute Gasteiger partial charge is 0.383 e. The Labute approximate surface area is 161 Å². The molecule has 2 amide bonds. The zero-order valence-corrected chi connectivity index (χ0v) is 16.5. The Morgan fingerprint density at radius 1 is 1.33 bits per heavy atom. The minimum atomic E-state index is -0.891. The highest BCUT2D eigenvalue weighted by Crippen LogP contribution is 2.40. The number of nitrogens with zero attached hydrogens (tertiary/aromatic N) is 3. The number of H-pyrrole nitrogens is 1. The molecule has 1 aromatic rings. The first-order valence-electron chi connectivity index (χ1n) is 10.1. The molecule has 27 heavy (non-hydrogen) atoms. The van der Waals surface area contributed by atoms with Crippen LogP contribution in [0.3, 0.4) is 0 Å². The number of aromatic amines is 1. The second-order valence-corrected chi connectivity index (χ2v) is 8.61. The lowest BCUT2D eigenvalue weighted by molar-refractivity contribution is -0.147. The summed E-state index contributed by atoms with van der Waals surface area (Å²) in [6, 6.07) is 0. The Morgan fingerprint density at radius 3 is 2.70 bits per heavy atom. The molecule has 2 aliphatic rings.